The third-order valence-electron chi connectivity index (χ3n) is 2.55. The first-order chi connectivity index (χ1) is 7.78. The van der Waals surface area contributed by atoms with Crippen LogP contribution >= 0.6 is 0 Å². The number of likely N-dealkylation sites (N-methyl/N-ethyl adjacent to an activating group) is 1. The van der Waals surface area contributed by atoms with Crippen molar-refractivity contribution in [3.8, 4) is 0 Å². The van der Waals surface area contributed by atoms with Crippen LogP contribution in [0.1, 0.15) is 32.4 Å². The van der Waals surface area contributed by atoms with Gasteiger partial charge in [0.05, 0.1) is 6.10 Å². The second-order valence-corrected chi connectivity index (χ2v) is 5.94. The Morgan fingerprint density at radius 2 is 1.76 bits per heavy atom. The lowest BCUT2D eigenvalue weighted by atomic mass is 9.96. The molecular formula is C14H24N2O. The highest BCUT2D eigenvalue weighted by molar-refractivity contribution is 5.39. The predicted octanol–water partition coefficient (Wildman–Crippen LogP) is 2.28. The normalized spacial score (nSPS) is 14.0. The number of nitrogens with zero attached hydrogens (tertiary/aromatic N) is 1. The van der Waals surface area contributed by atoms with E-state index in [1.165, 1.54) is 0 Å². The molecule has 3 nitrogen and oxygen atoms in total. The van der Waals surface area contributed by atoms with Gasteiger partial charge < -0.3 is 15.7 Å². The van der Waals surface area contributed by atoms with Crippen LogP contribution in [0.5, 0.6) is 0 Å². The van der Waals surface area contributed by atoms with Gasteiger partial charge in [0.15, 0.2) is 0 Å². The molecule has 1 unspecified atom stereocenters. The third-order valence-corrected chi connectivity index (χ3v) is 2.55. The minimum atomic E-state index is -0.456. The highest BCUT2D eigenvalue weighted by atomic mass is 16.3. The van der Waals surface area contributed by atoms with Crippen LogP contribution in [-0.2, 0) is 0 Å². The molecule has 0 radical (unpaired) electrons. The Hall–Kier alpha value is -1.06. The first kappa shape index (κ1) is 14.0. The lowest BCUT2D eigenvalue weighted by molar-refractivity contribution is 0.108. The molecule has 0 bridgehead atoms. The van der Waals surface area contributed by atoms with E-state index in [0.717, 1.165) is 17.8 Å². The third kappa shape index (κ3) is 5.20. The molecule has 3 N–H and O–H groups in total. The van der Waals surface area contributed by atoms with Crippen LogP contribution in [0.2, 0.25) is 0 Å². The molecule has 3 heteroatoms. The monoisotopic (exact) mass is 236 g/mol. The van der Waals surface area contributed by atoms with E-state index in [4.69, 9.17) is 5.73 Å². The van der Waals surface area contributed by atoms with Crippen LogP contribution < -0.4 is 5.73 Å². The SMILES string of the molecule is CN(CC(O)c1ccc(N)cc1)CC(C)(C)C. The summed E-state index contributed by atoms with van der Waals surface area (Å²) < 4.78 is 0. The number of hydrogen-bond acceptors (Lipinski definition) is 3. The van der Waals surface area contributed by atoms with Crippen LogP contribution in [0.3, 0.4) is 0 Å². The van der Waals surface area contributed by atoms with E-state index < -0.39 is 6.10 Å². The second kappa shape index (κ2) is 5.52. The Bertz CT molecular complexity index is 340. The summed E-state index contributed by atoms with van der Waals surface area (Å²) in [6.45, 7) is 8.18. The molecule has 1 atom stereocenters. The molecular weight excluding hydrogens is 212 g/mol. The molecule has 0 fully saturated rings. The maximum absolute atomic E-state index is 10.1. The Kier molecular flexibility index (Phi) is 4.54. The molecule has 0 aromatic heterocycles. The summed E-state index contributed by atoms with van der Waals surface area (Å²) in [5.41, 5.74) is 7.51. The average Bonchev–Trinajstić information content (AvgIpc) is 2.15. The van der Waals surface area contributed by atoms with Gasteiger partial charge >= 0.3 is 0 Å². The summed E-state index contributed by atoms with van der Waals surface area (Å²) in [5.74, 6) is 0. The Morgan fingerprint density at radius 1 is 1.24 bits per heavy atom. The van der Waals surface area contributed by atoms with Crippen LogP contribution in [0.4, 0.5) is 5.69 Å². The van der Waals surface area contributed by atoms with Gasteiger partial charge in [-0.05, 0) is 30.2 Å². The number of hydrogen-bond donors (Lipinski definition) is 2. The van der Waals surface area contributed by atoms with E-state index >= 15 is 0 Å². The molecule has 0 aliphatic heterocycles. The lowest BCUT2D eigenvalue weighted by Crippen LogP contribution is -2.32. The maximum Gasteiger partial charge on any atom is 0.0916 e. The van der Waals surface area contributed by atoms with Gasteiger partial charge in [0.1, 0.15) is 0 Å². The second-order valence-electron chi connectivity index (χ2n) is 5.94. The van der Waals surface area contributed by atoms with Crippen LogP contribution in [0, 0.1) is 5.41 Å². The Balaban J connectivity index is 2.54. The van der Waals surface area contributed by atoms with E-state index in [9.17, 15) is 5.11 Å². The molecule has 1 aromatic rings. The van der Waals surface area contributed by atoms with Gasteiger partial charge in [0.2, 0.25) is 0 Å². The van der Waals surface area contributed by atoms with Gasteiger partial charge in [0.25, 0.3) is 0 Å². The minimum Gasteiger partial charge on any atom is -0.399 e. The first-order valence-corrected chi connectivity index (χ1v) is 6.00. The summed E-state index contributed by atoms with van der Waals surface area (Å²) in [5, 5.41) is 10.1. The highest BCUT2D eigenvalue weighted by Crippen LogP contribution is 2.19. The van der Waals surface area contributed by atoms with E-state index in [0.29, 0.717) is 6.54 Å². The average molecular weight is 236 g/mol. The number of benzene rings is 1. The molecule has 1 rings (SSSR count). The molecule has 0 heterocycles. The summed E-state index contributed by atoms with van der Waals surface area (Å²) in [7, 11) is 2.03. The largest absolute Gasteiger partial charge is 0.399 e. The fourth-order valence-electron chi connectivity index (χ4n) is 1.99. The maximum atomic E-state index is 10.1. The van der Waals surface area contributed by atoms with Crippen LogP contribution in [-0.4, -0.2) is 30.1 Å². The minimum absolute atomic E-state index is 0.246. The molecule has 0 saturated heterocycles. The van der Waals surface area contributed by atoms with Gasteiger partial charge in [-0.1, -0.05) is 32.9 Å². The van der Waals surface area contributed by atoms with Crippen molar-refractivity contribution in [3.05, 3.63) is 29.8 Å². The Morgan fingerprint density at radius 3 is 2.24 bits per heavy atom. The standard InChI is InChI=1S/C14H24N2O/c1-14(2,3)10-16(4)9-13(17)11-5-7-12(15)8-6-11/h5-8,13,17H,9-10,15H2,1-4H3. The van der Waals surface area contributed by atoms with Crippen molar-refractivity contribution < 1.29 is 5.11 Å². The van der Waals surface area contributed by atoms with Crippen molar-refractivity contribution >= 4 is 5.69 Å². The Labute approximate surface area is 104 Å². The van der Waals surface area contributed by atoms with Crippen molar-refractivity contribution in [2.45, 2.75) is 26.9 Å². The molecule has 17 heavy (non-hydrogen) atoms. The van der Waals surface area contributed by atoms with E-state index in [1.807, 2.05) is 31.3 Å². The fourth-order valence-corrected chi connectivity index (χ4v) is 1.99. The smallest absolute Gasteiger partial charge is 0.0916 e. The van der Waals surface area contributed by atoms with Gasteiger partial charge in [-0.25, -0.2) is 0 Å². The van der Waals surface area contributed by atoms with E-state index in [1.54, 1.807) is 0 Å². The fraction of sp³-hybridized carbons (Fsp3) is 0.571. The number of aliphatic hydroxyl groups excluding tert-OH is 1. The highest BCUT2D eigenvalue weighted by Gasteiger charge is 2.16. The van der Waals surface area contributed by atoms with E-state index in [-0.39, 0.29) is 5.41 Å². The molecule has 1 aromatic carbocycles. The molecule has 0 aliphatic carbocycles. The topological polar surface area (TPSA) is 49.5 Å². The summed E-state index contributed by atoms with van der Waals surface area (Å²) in [6, 6.07) is 7.40. The number of nitrogens with two attached hydrogens (primary N) is 1. The number of rotatable bonds is 4. The zero-order valence-corrected chi connectivity index (χ0v) is 11.3. The lowest BCUT2D eigenvalue weighted by Gasteiger charge is -2.28. The number of anilines is 1. The predicted molar refractivity (Wildman–Crippen MR) is 72.8 cm³/mol. The summed E-state index contributed by atoms with van der Waals surface area (Å²) in [6.07, 6.45) is -0.456. The zero-order chi connectivity index (χ0) is 13.1. The molecule has 0 spiro atoms. The van der Waals surface area contributed by atoms with E-state index in [2.05, 4.69) is 25.7 Å². The summed E-state index contributed by atoms with van der Waals surface area (Å²) in [4.78, 5) is 2.15. The van der Waals surface area contributed by atoms with Gasteiger partial charge in [0, 0.05) is 18.8 Å². The quantitative estimate of drug-likeness (QED) is 0.789. The number of nitrogen functional groups attached to an aromatic ring is 1. The van der Waals surface area contributed by atoms with Crippen molar-refractivity contribution in [2.75, 3.05) is 25.9 Å². The van der Waals surface area contributed by atoms with Gasteiger partial charge in [-0.2, -0.15) is 0 Å². The molecule has 0 amide bonds. The van der Waals surface area contributed by atoms with Crippen LogP contribution in [0.15, 0.2) is 24.3 Å². The van der Waals surface area contributed by atoms with Gasteiger partial charge in [-0.3, -0.25) is 0 Å². The van der Waals surface area contributed by atoms with Crippen molar-refractivity contribution in [3.63, 3.8) is 0 Å². The molecule has 96 valence electrons. The molecule has 0 aliphatic rings. The number of aliphatic hydroxyl groups is 1. The summed E-state index contributed by atoms with van der Waals surface area (Å²) >= 11 is 0. The van der Waals surface area contributed by atoms with Crippen LogP contribution in [0.25, 0.3) is 0 Å². The van der Waals surface area contributed by atoms with Gasteiger partial charge in [-0.15, -0.1) is 0 Å². The zero-order valence-electron chi connectivity index (χ0n) is 11.3. The first-order valence-electron chi connectivity index (χ1n) is 6.00. The van der Waals surface area contributed by atoms with Crippen molar-refractivity contribution in [1.29, 1.82) is 0 Å². The van der Waals surface area contributed by atoms with Crippen molar-refractivity contribution in [2.24, 2.45) is 5.41 Å². The molecule has 0 saturated carbocycles. The van der Waals surface area contributed by atoms with Crippen molar-refractivity contribution in [1.82, 2.24) is 4.90 Å².